The molecule has 3 aromatic rings. The molecule has 0 atom stereocenters. The smallest absolute Gasteiger partial charge is 0.414 e. The molecule has 0 aliphatic rings. The molecule has 0 aliphatic heterocycles. The zero-order chi connectivity index (χ0) is 21.2. The zero-order valence-corrected chi connectivity index (χ0v) is 17.2. The number of rotatable bonds is 3. The minimum Gasteiger partial charge on any atom is -0.444 e. The van der Waals surface area contributed by atoms with E-state index in [2.05, 4.69) is 31.4 Å². The highest BCUT2D eigenvalue weighted by Crippen LogP contribution is 2.28. The monoisotopic (exact) mass is 409 g/mol. The number of carbonyl (C=O) groups is 1. The predicted octanol–water partition coefficient (Wildman–Crippen LogP) is 3.82. The first kappa shape index (κ1) is 20.2. The highest BCUT2D eigenvalue weighted by atomic mass is 32.1. The van der Waals surface area contributed by atoms with Crippen molar-refractivity contribution in [3.8, 4) is 28.6 Å². The van der Waals surface area contributed by atoms with Crippen LogP contribution in [0.15, 0.2) is 30.7 Å². The van der Waals surface area contributed by atoms with Crippen LogP contribution in [0.2, 0.25) is 0 Å². The summed E-state index contributed by atoms with van der Waals surface area (Å²) in [7, 11) is 1.79. The summed E-state index contributed by atoms with van der Waals surface area (Å²) in [5.74, 6) is 0.113. The van der Waals surface area contributed by atoms with Gasteiger partial charge < -0.3 is 9.72 Å². The highest BCUT2D eigenvalue weighted by Gasteiger charge is 2.17. The van der Waals surface area contributed by atoms with Gasteiger partial charge in [-0.05, 0) is 32.9 Å². The minimum atomic E-state index is -0.637. The predicted molar refractivity (Wildman–Crippen MR) is 109 cm³/mol. The van der Waals surface area contributed by atoms with Crippen molar-refractivity contribution in [2.45, 2.75) is 26.4 Å². The Morgan fingerprint density at radius 2 is 2.03 bits per heavy atom. The number of aryl methyl sites for hydroxylation is 1. The molecule has 2 N–H and O–H groups in total. The number of amides is 1. The molecule has 9 nitrogen and oxygen atoms in total. The summed E-state index contributed by atoms with van der Waals surface area (Å²) in [5.41, 5.74) is 2.42. The summed E-state index contributed by atoms with van der Waals surface area (Å²) in [5, 5.41) is 16.1. The Bertz CT molecular complexity index is 1150. The van der Waals surface area contributed by atoms with Gasteiger partial charge in [-0.15, -0.1) is 0 Å². The lowest BCUT2D eigenvalue weighted by Gasteiger charge is -2.19. The molecule has 3 rings (SSSR count). The van der Waals surface area contributed by atoms with Crippen molar-refractivity contribution in [1.82, 2.24) is 24.7 Å². The van der Waals surface area contributed by atoms with Crippen molar-refractivity contribution in [2.24, 2.45) is 7.05 Å². The molecule has 0 spiro atoms. The normalized spacial score (nSPS) is 11.0. The third kappa shape index (κ3) is 4.64. The van der Waals surface area contributed by atoms with Gasteiger partial charge in [0.1, 0.15) is 16.3 Å². The van der Waals surface area contributed by atoms with Gasteiger partial charge in [0.2, 0.25) is 5.95 Å². The molecule has 148 valence electrons. The molecule has 1 amide bonds. The Labute approximate surface area is 172 Å². The lowest BCUT2D eigenvalue weighted by atomic mass is 10.0. The van der Waals surface area contributed by atoms with Gasteiger partial charge >= 0.3 is 6.09 Å². The van der Waals surface area contributed by atoms with Gasteiger partial charge in [-0.25, -0.2) is 14.8 Å². The van der Waals surface area contributed by atoms with E-state index in [0.29, 0.717) is 27.0 Å². The maximum atomic E-state index is 11.8. The molecule has 3 aromatic heterocycles. The second kappa shape index (κ2) is 7.81. The SMILES string of the molecule is Cn1nccc1-c1cc(-c2cnc(NC(=O)OC(C)(C)C)nc2)[nH]c(=S)c1C#N. The molecular weight excluding hydrogens is 390 g/mol. The Hall–Kier alpha value is -3.58. The number of hydrogen-bond donors (Lipinski definition) is 2. The van der Waals surface area contributed by atoms with Gasteiger partial charge in [-0.2, -0.15) is 10.4 Å². The standard InChI is InChI=1S/C19H19N7O2S/c1-19(2,3)28-18(27)25-17-21-9-11(10-22-17)14-7-12(13(8-20)16(29)24-14)15-5-6-23-26(15)4/h5-7,9-10H,1-4H3,(H,24,29)(H,21,22,25,27). The van der Waals surface area contributed by atoms with Crippen molar-refractivity contribution in [1.29, 1.82) is 5.26 Å². The van der Waals surface area contributed by atoms with Gasteiger partial charge in [0.05, 0.1) is 17.0 Å². The van der Waals surface area contributed by atoms with Gasteiger partial charge in [-0.1, -0.05) is 12.2 Å². The van der Waals surface area contributed by atoms with Crippen molar-refractivity contribution in [2.75, 3.05) is 5.32 Å². The summed E-state index contributed by atoms with van der Waals surface area (Å²) >= 11 is 5.35. The van der Waals surface area contributed by atoms with E-state index >= 15 is 0 Å². The van der Waals surface area contributed by atoms with Crippen LogP contribution >= 0.6 is 12.2 Å². The Balaban J connectivity index is 1.93. The van der Waals surface area contributed by atoms with E-state index in [9.17, 15) is 10.1 Å². The number of aromatic nitrogens is 5. The van der Waals surface area contributed by atoms with E-state index in [0.717, 1.165) is 5.69 Å². The third-order valence-corrected chi connectivity index (χ3v) is 4.12. The fourth-order valence-corrected chi connectivity index (χ4v) is 2.86. The average Bonchev–Trinajstić information content (AvgIpc) is 3.06. The van der Waals surface area contributed by atoms with Crippen LogP contribution in [0.3, 0.4) is 0 Å². The highest BCUT2D eigenvalue weighted by molar-refractivity contribution is 7.71. The fourth-order valence-electron chi connectivity index (χ4n) is 2.59. The first-order valence-corrected chi connectivity index (χ1v) is 9.07. The quantitative estimate of drug-likeness (QED) is 0.631. The molecule has 29 heavy (non-hydrogen) atoms. The van der Waals surface area contributed by atoms with E-state index in [1.54, 1.807) is 63.2 Å². The number of nitriles is 1. The fraction of sp³-hybridized carbons (Fsp3) is 0.263. The number of pyridine rings is 1. The van der Waals surface area contributed by atoms with E-state index < -0.39 is 11.7 Å². The third-order valence-electron chi connectivity index (χ3n) is 3.82. The number of hydrogen-bond acceptors (Lipinski definition) is 7. The lowest BCUT2D eigenvalue weighted by Crippen LogP contribution is -2.27. The maximum absolute atomic E-state index is 11.8. The Kier molecular flexibility index (Phi) is 5.43. The molecule has 3 heterocycles. The molecule has 0 saturated carbocycles. The summed E-state index contributed by atoms with van der Waals surface area (Å²) in [6.07, 6.45) is 4.09. The molecule has 10 heteroatoms. The van der Waals surface area contributed by atoms with E-state index in [1.807, 2.05) is 0 Å². The largest absolute Gasteiger partial charge is 0.444 e. The van der Waals surface area contributed by atoms with Crippen LogP contribution in [0.4, 0.5) is 10.7 Å². The van der Waals surface area contributed by atoms with Crippen LogP contribution < -0.4 is 5.32 Å². The maximum Gasteiger partial charge on any atom is 0.414 e. The average molecular weight is 409 g/mol. The van der Waals surface area contributed by atoms with Crippen molar-refractivity contribution < 1.29 is 9.53 Å². The molecule has 0 bridgehead atoms. The summed E-state index contributed by atoms with van der Waals surface area (Å²) in [6.45, 7) is 5.30. The van der Waals surface area contributed by atoms with E-state index in [4.69, 9.17) is 17.0 Å². The van der Waals surface area contributed by atoms with Crippen LogP contribution in [0.25, 0.3) is 22.5 Å². The topological polar surface area (TPSA) is 122 Å². The van der Waals surface area contributed by atoms with Gasteiger partial charge in [0.25, 0.3) is 0 Å². The number of aromatic amines is 1. The van der Waals surface area contributed by atoms with Crippen LogP contribution in [0.1, 0.15) is 26.3 Å². The summed E-state index contributed by atoms with van der Waals surface area (Å²) in [6, 6.07) is 5.74. The van der Waals surface area contributed by atoms with E-state index in [1.165, 1.54) is 0 Å². The van der Waals surface area contributed by atoms with Crippen molar-refractivity contribution in [3.05, 3.63) is 40.9 Å². The zero-order valence-electron chi connectivity index (χ0n) is 16.3. The van der Waals surface area contributed by atoms with Gasteiger partial charge in [-0.3, -0.25) is 10.00 Å². The van der Waals surface area contributed by atoms with E-state index in [-0.39, 0.29) is 5.95 Å². The molecule has 0 fully saturated rings. The first-order chi connectivity index (χ1) is 13.7. The van der Waals surface area contributed by atoms with Crippen LogP contribution in [0.5, 0.6) is 0 Å². The molecule has 0 radical (unpaired) electrons. The number of nitrogens with zero attached hydrogens (tertiary/aromatic N) is 5. The Morgan fingerprint density at radius 1 is 1.34 bits per heavy atom. The number of carbonyl (C=O) groups excluding carboxylic acids is 1. The number of nitrogens with one attached hydrogen (secondary N) is 2. The van der Waals surface area contributed by atoms with Crippen LogP contribution in [0, 0.1) is 16.0 Å². The molecule has 0 saturated heterocycles. The Morgan fingerprint density at radius 3 is 2.59 bits per heavy atom. The second-order valence-electron chi connectivity index (χ2n) is 7.17. The number of anilines is 1. The van der Waals surface area contributed by atoms with Crippen molar-refractivity contribution in [3.63, 3.8) is 0 Å². The number of H-pyrrole nitrogens is 1. The van der Waals surface area contributed by atoms with Gasteiger partial charge in [0.15, 0.2) is 0 Å². The second-order valence-corrected chi connectivity index (χ2v) is 7.58. The first-order valence-electron chi connectivity index (χ1n) is 8.66. The minimum absolute atomic E-state index is 0.113. The molecule has 0 aliphatic carbocycles. The molecule has 0 unspecified atom stereocenters. The summed E-state index contributed by atoms with van der Waals surface area (Å²) < 4.78 is 7.15. The number of ether oxygens (including phenoxy) is 1. The molecule has 0 aromatic carbocycles. The van der Waals surface area contributed by atoms with Crippen LogP contribution in [-0.2, 0) is 11.8 Å². The summed E-state index contributed by atoms with van der Waals surface area (Å²) in [4.78, 5) is 23.2. The molecular formula is C19H19N7O2S. The van der Waals surface area contributed by atoms with Crippen molar-refractivity contribution >= 4 is 24.3 Å². The van der Waals surface area contributed by atoms with Crippen LogP contribution in [-0.4, -0.2) is 36.4 Å². The van der Waals surface area contributed by atoms with Gasteiger partial charge in [0, 0.05) is 36.8 Å². The lowest BCUT2D eigenvalue weighted by molar-refractivity contribution is 0.0634.